The molecule has 0 amide bonds. The minimum atomic E-state index is -1.04. The zero-order valence-corrected chi connectivity index (χ0v) is 22.9. The lowest BCUT2D eigenvalue weighted by molar-refractivity contribution is -0.138. The molecule has 0 N–H and O–H groups in total. The lowest BCUT2D eigenvalue weighted by Crippen LogP contribution is -2.37. The Bertz CT molecular complexity index is 942. The Morgan fingerprint density at radius 2 is 1.89 bits per heavy atom. The lowest BCUT2D eigenvalue weighted by Gasteiger charge is -2.31. The van der Waals surface area contributed by atoms with Gasteiger partial charge < -0.3 is 33.3 Å². The fraction of sp³-hybridized carbons (Fsp3) is 0.571. The number of hydrogen-bond acceptors (Lipinski definition) is 9. The summed E-state index contributed by atoms with van der Waals surface area (Å²) in [6.07, 6.45) is 7.00. The molecule has 0 aliphatic carbocycles. The van der Waals surface area contributed by atoms with Gasteiger partial charge in [-0.25, -0.2) is 4.79 Å². The molecule has 0 spiro atoms. The topological polar surface area (TPSA) is 92.8 Å². The van der Waals surface area contributed by atoms with Crippen LogP contribution in [0.4, 0.5) is 4.79 Å². The number of hydrogen-bond donors (Lipinski definition) is 0. The Kier molecular flexibility index (Phi) is 13.0. The molecule has 0 bridgehead atoms. The van der Waals surface area contributed by atoms with Gasteiger partial charge in [-0.05, 0) is 62.1 Å². The Labute approximate surface area is 220 Å². The Morgan fingerprint density at radius 3 is 2.49 bits per heavy atom. The van der Waals surface area contributed by atoms with E-state index >= 15 is 0 Å². The number of nitrogens with zero attached hydrogens (tertiary/aromatic N) is 1. The molecule has 0 saturated carbocycles. The first-order valence-corrected chi connectivity index (χ1v) is 12.8. The molecule has 37 heavy (non-hydrogen) atoms. The first-order chi connectivity index (χ1) is 17.9. The van der Waals surface area contributed by atoms with Crippen LogP contribution < -0.4 is 9.47 Å². The summed E-state index contributed by atoms with van der Waals surface area (Å²) < 4.78 is 31.7. The van der Waals surface area contributed by atoms with E-state index in [-0.39, 0.29) is 12.7 Å². The lowest BCUT2D eigenvalue weighted by atomic mass is 9.87. The van der Waals surface area contributed by atoms with Crippen molar-refractivity contribution in [1.82, 2.24) is 4.90 Å². The van der Waals surface area contributed by atoms with Gasteiger partial charge in [0.05, 0.1) is 13.7 Å². The van der Waals surface area contributed by atoms with E-state index in [1.54, 1.807) is 13.2 Å². The highest BCUT2D eigenvalue weighted by molar-refractivity contribution is 5.80. The molecule has 0 fully saturated rings. The van der Waals surface area contributed by atoms with Gasteiger partial charge >= 0.3 is 12.1 Å². The van der Waals surface area contributed by atoms with Gasteiger partial charge in [0, 0.05) is 33.0 Å². The number of methoxy groups -OCH3 is 2. The van der Waals surface area contributed by atoms with E-state index in [1.165, 1.54) is 7.11 Å². The first-order valence-electron chi connectivity index (χ1n) is 12.8. The molecule has 9 heteroatoms. The molecular formula is C28H41NO8. The average molecular weight is 520 g/mol. The Hall–Kier alpha value is -3.04. The molecule has 0 radical (unpaired) electrons. The van der Waals surface area contributed by atoms with Crippen LogP contribution in [0.25, 0.3) is 0 Å². The largest absolute Gasteiger partial charge is 0.516 e. The summed E-state index contributed by atoms with van der Waals surface area (Å²) in [7, 11) is 3.23. The molecule has 2 aliphatic heterocycles. The second-order valence-corrected chi connectivity index (χ2v) is 8.67. The standard InChI is InChI=1S/C22H29NO7.C6H12O/c1-5-8-23-9-7-15-10-19-20(28-13-27-19)11-16(15)17(12-23)21(18(6-2)26-4)30-22(25)29-14(3)24;1-3-4-5-6-7-2/h6,10-11,17,21H,5,7-9,12-13H2,1-4H3;4-5H,3,6H2,1-2H3/b18-6+;5-4+. The van der Waals surface area contributed by atoms with Crippen molar-refractivity contribution in [3.8, 4) is 11.5 Å². The summed E-state index contributed by atoms with van der Waals surface area (Å²) in [4.78, 5) is 25.8. The maximum atomic E-state index is 12.2. The van der Waals surface area contributed by atoms with E-state index in [1.807, 2.05) is 25.1 Å². The van der Waals surface area contributed by atoms with Gasteiger partial charge in [-0.15, -0.1) is 0 Å². The highest BCUT2D eigenvalue weighted by Crippen LogP contribution is 2.41. The minimum absolute atomic E-state index is 0.188. The summed E-state index contributed by atoms with van der Waals surface area (Å²) >= 11 is 0. The molecule has 3 rings (SSSR count). The van der Waals surface area contributed by atoms with Crippen LogP contribution in [0, 0.1) is 0 Å². The van der Waals surface area contributed by atoms with Crippen molar-refractivity contribution in [3.63, 3.8) is 0 Å². The molecule has 2 atom stereocenters. The fourth-order valence-corrected chi connectivity index (χ4v) is 4.40. The van der Waals surface area contributed by atoms with Crippen LogP contribution in [0.15, 0.2) is 36.1 Å². The summed E-state index contributed by atoms with van der Waals surface area (Å²) in [5, 5.41) is 0. The van der Waals surface area contributed by atoms with Crippen molar-refractivity contribution < 1.29 is 38.0 Å². The molecule has 9 nitrogen and oxygen atoms in total. The van der Waals surface area contributed by atoms with Gasteiger partial charge in [-0.3, -0.25) is 4.79 Å². The van der Waals surface area contributed by atoms with Gasteiger partial charge in [0.15, 0.2) is 17.6 Å². The number of benzene rings is 1. The maximum Gasteiger partial charge on any atom is 0.516 e. The SMILES string of the molecule is C/C=C(/OC)C(OC(=O)OC(C)=O)C1CN(CCC)CCc2cc3c(cc21)OCO3.CC/C=C/COC. The summed E-state index contributed by atoms with van der Waals surface area (Å²) in [5.74, 6) is 0.919. The summed E-state index contributed by atoms with van der Waals surface area (Å²) in [6, 6.07) is 3.97. The van der Waals surface area contributed by atoms with Crippen LogP contribution in [-0.4, -0.2) is 70.4 Å². The number of ether oxygens (including phenoxy) is 6. The van der Waals surface area contributed by atoms with E-state index in [2.05, 4.69) is 29.6 Å². The van der Waals surface area contributed by atoms with Crippen LogP contribution in [0.3, 0.4) is 0 Å². The highest BCUT2D eigenvalue weighted by Gasteiger charge is 2.37. The third-order valence-electron chi connectivity index (χ3n) is 6.01. The van der Waals surface area contributed by atoms with Crippen molar-refractivity contribution >= 4 is 12.1 Å². The number of fused-ring (bicyclic) bond motifs is 2. The molecule has 0 saturated heterocycles. The van der Waals surface area contributed by atoms with E-state index < -0.39 is 18.2 Å². The zero-order valence-electron chi connectivity index (χ0n) is 22.9. The van der Waals surface area contributed by atoms with Crippen LogP contribution in [-0.2, 0) is 30.2 Å². The monoisotopic (exact) mass is 519 g/mol. The van der Waals surface area contributed by atoms with E-state index in [0.717, 1.165) is 62.8 Å². The van der Waals surface area contributed by atoms with Crippen LogP contribution in [0.2, 0.25) is 0 Å². The number of rotatable bonds is 9. The van der Waals surface area contributed by atoms with Crippen LogP contribution >= 0.6 is 0 Å². The van der Waals surface area contributed by atoms with Crippen molar-refractivity contribution in [3.05, 3.63) is 47.2 Å². The fourth-order valence-electron chi connectivity index (χ4n) is 4.40. The normalized spacial score (nSPS) is 17.8. The highest BCUT2D eigenvalue weighted by atomic mass is 16.7. The molecule has 2 unspecified atom stereocenters. The van der Waals surface area contributed by atoms with Crippen molar-refractivity contribution in [1.29, 1.82) is 0 Å². The maximum absolute atomic E-state index is 12.2. The average Bonchev–Trinajstić information content (AvgIpc) is 3.25. The number of carbonyl (C=O) groups is 2. The van der Waals surface area contributed by atoms with Crippen LogP contribution in [0.5, 0.6) is 11.5 Å². The zero-order chi connectivity index (χ0) is 27.2. The minimum Gasteiger partial charge on any atom is -0.497 e. The van der Waals surface area contributed by atoms with E-state index in [4.69, 9.17) is 23.7 Å². The molecule has 206 valence electrons. The Balaban J connectivity index is 0.000000604. The van der Waals surface area contributed by atoms with Crippen LogP contribution in [0.1, 0.15) is 57.6 Å². The predicted octanol–water partition coefficient (Wildman–Crippen LogP) is 4.98. The number of esters is 1. The summed E-state index contributed by atoms with van der Waals surface area (Å²) in [5.41, 5.74) is 2.12. The molecule has 1 aromatic carbocycles. The van der Waals surface area contributed by atoms with Crippen molar-refractivity contribution in [2.45, 2.75) is 59.0 Å². The van der Waals surface area contributed by atoms with E-state index in [9.17, 15) is 9.59 Å². The third-order valence-corrected chi connectivity index (χ3v) is 6.01. The smallest absolute Gasteiger partial charge is 0.497 e. The third kappa shape index (κ3) is 9.09. The van der Waals surface area contributed by atoms with Gasteiger partial charge in [0.25, 0.3) is 0 Å². The van der Waals surface area contributed by atoms with Gasteiger partial charge in [0.1, 0.15) is 5.76 Å². The summed E-state index contributed by atoms with van der Waals surface area (Å²) in [6.45, 7) is 10.6. The van der Waals surface area contributed by atoms with Gasteiger partial charge in [0.2, 0.25) is 6.79 Å². The van der Waals surface area contributed by atoms with E-state index in [0.29, 0.717) is 18.1 Å². The first kappa shape index (κ1) is 30.2. The second-order valence-electron chi connectivity index (χ2n) is 8.67. The van der Waals surface area contributed by atoms with Gasteiger partial charge in [-0.1, -0.05) is 26.0 Å². The molecule has 2 heterocycles. The van der Waals surface area contributed by atoms with Crippen molar-refractivity contribution in [2.24, 2.45) is 0 Å². The molecule has 0 aromatic heterocycles. The second kappa shape index (κ2) is 15.9. The molecule has 2 aliphatic rings. The number of allylic oxidation sites excluding steroid dienone is 2. The molecular weight excluding hydrogens is 478 g/mol. The number of carbonyl (C=O) groups excluding carboxylic acids is 2. The predicted molar refractivity (Wildman–Crippen MR) is 140 cm³/mol. The quantitative estimate of drug-likeness (QED) is 0.194. The van der Waals surface area contributed by atoms with Gasteiger partial charge in [-0.2, -0.15) is 0 Å². The molecule has 1 aromatic rings. The Morgan fingerprint density at radius 1 is 1.16 bits per heavy atom. The van der Waals surface area contributed by atoms with Crippen molar-refractivity contribution in [2.75, 3.05) is 47.3 Å².